The lowest BCUT2D eigenvalue weighted by Gasteiger charge is -2.48. The molecule has 3 saturated carbocycles. The average Bonchev–Trinajstić information content (AvgIpc) is 3.23. The smallest absolute Gasteiger partial charge is 0.312 e. The minimum atomic E-state index is -0.339. The van der Waals surface area contributed by atoms with Gasteiger partial charge in [0.15, 0.2) is 0 Å². The predicted octanol–water partition coefficient (Wildman–Crippen LogP) is 5.64. The van der Waals surface area contributed by atoms with E-state index in [4.69, 9.17) is 4.74 Å². The Morgan fingerprint density at radius 3 is 2.18 bits per heavy atom. The van der Waals surface area contributed by atoms with Gasteiger partial charge in [-0.2, -0.15) is 0 Å². The van der Waals surface area contributed by atoms with Crippen LogP contribution in [0.25, 0.3) is 0 Å². The number of esters is 1. The van der Waals surface area contributed by atoms with Gasteiger partial charge in [0.1, 0.15) is 5.60 Å². The van der Waals surface area contributed by atoms with Crippen molar-refractivity contribution in [3.63, 3.8) is 0 Å². The summed E-state index contributed by atoms with van der Waals surface area (Å²) in [5.74, 6) is 0.694. The molecule has 0 radical (unpaired) electrons. The summed E-state index contributed by atoms with van der Waals surface area (Å²) in [5, 5.41) is 0. The van der Waals surface area contributed by atoms with Crippen molar-refractivity contribution >= 4 is 5.97 Å². The Kier molecular flexibility index (Phi) is 4.33. The Hall–Kier alpha value is -0.530. The van der Waals surface area contributed by atoms with Gasteiger partial charge < -0.3 is 4.74 Å². The highest BCUT2D eigenvalue weighted by molar-refractivity contribution is 5.76. The van der Waals surface area contributed by atoms with Gasteiger partial charge in [0.2, 0.25) is 0 Å². The van der Waals surface area contributed by atoms with Crippen molar-refractivity contribution in [1.82, 2.24) is 0 Å². The molecule has 22 heavy (non-hydrogen) atoms. The molecule has 0 amide bonds. The van der Waals surface area contributed by atoms with E-state index in [9.17, 15) is 4.79 Å². The Morgan fingerprint density at radius 1 is 1.00 bits per heavy atom. The number of hydrogen-bond donors (Lipinski definition) is 0. The van der Waals surface area contributed by atoms with Gasteiger partial charge in [-0.25, -0.2) is 0 Å². The van der Waals surface area contributed by atoms with Gasteiger partial charge in [0, 0.05) is 5.41 Å². The lowest BCUT2D eigenvalue weighted by Crippen LogP contribution is -2.53. The first-order valence-electron chi connectivity index (χ1n) is 9.69. The number of carbonyl (C=O) groups excluding carboxylic acids is 1. The molecule has 3 aliphatic carbocycles. The van der Waals surface area contributed by atoms with Crippen molar-refractivity contribution in [2.45, 2.75) is 103 Å². The Balaban J connectivity index is 1.92. The van der Waals surface area contributed by atoms with Crippen LogP contribution in [0.5, 0.6) is 0 Å². The largest absolute Gasteiger partial charge is 0.458 e. The summed E-state index contributed by atoms with van der Waals surface area (Å²) in [6, 6.07) is 0. The third-order valence-electron chi connectivity index (χ3n) is 7.39. The fraction of sp³-hybridized carbons (Fsp3) is 0.950. The van der Waals surface area contributed by atoms with E-state index in [1.165, 1.54) is 64.2 Å². The van der Waals surface area contributed by atoms with E-state index < -0.39 is 0 Å². The monoisotopic (exact) mass is 306 g/mol. The predicted molar refractivity (Wildman–Crippen MR) is 89.6 cm³/mol. The summed E-state index contributed by atoms with van der Waals surface area (Å²) >= 11 is 0. The van der Waals surface area contributed by atoms with Crippen LogP contribution in [0.3, 0.4) is 0 Å². The van der Waals surface area contributed by atoms with E-state index in [0.717, 1.165) is 12.8 Å². The molecule has 0 saturated heterocycles. The number of rotatable bonds is 4. The molecule has 3 rings (SSSR count). The highest BCUT2D eigenvalue weighted by Crippen LogP contribution is 2.63. The van der Waals surface area contributed by atoms with Crippen LogP contribution in [0.1, 0.15) is 97.8 Å². The molecule has 1 spiro atoms. The molecule has 0 bridgehead atoms. The van der Waals surface area contributed by atoms with Crippen molar-refractivity contribution in [3.8, 4) is 0 Å². The van der Waals surface area contributed by atoms with E-state index in [2.05, 4.69) is 6.92 Å². The average molecular weight is 306 g/mol. The molecule has 2 heteroatoms. The highest BCUT2D eigenvalue weighted by atomic mass is 16.6. The maximum absolute atomic E-state index is 12.9. The molecule has 126 valence electrons. The van der Waals surface area contributed by atoms with Gasteiger partial charge in [0.25, 0.3) is 0 Å². The summed E-state index contributed by atoms with van der Waals surface area (Å²) in [5.41, 5.74) is -0.140. The van der Waals surface area contributed by atoms with Crippen LogP contribution in [-0.2, 0) is 9.53 Å². The van der Waals surface area contributed by atoms with Crippen LogP contribution in [0.2, 0.25) is 0 Å². The molecule has 3 fully saturated rings. The summed E-state index contributed by atoms with van der Waals surface area (Å²) in [6.07, 6.45) is 15.0. The minimum Gasteiger partial charge on any atom is -0.458 e. The van der Waals surface area contributed by atoms with Gasteiger partial charge in [-0.3, -0.25) is 4.79 Å². The second kappa shape index (κ2) is 5.83. The topological polar surface area (TPSA) is 26.3 Å². The summed E-state index contributed by atoms with van der Waals surface area (Å²) < 4.78 is 6.54. The normalized spacial score (nSPS) is 32.0. The second-order valence-corrected chi connectivity index (χ2v) is 8.84. The maximum atomic E-state index is 12.9. The van der Waals surface area contributed by atoms with Gasteiger partial charge in [-0.05, 0) is 71.1 Å². The van der Waals surface area contributed by atoms with E-state index in [1.807, 2.05) is 13.8 Å². The molecule has 0 N–H and O–H groups in total. The molecule has 0 heterocycles. The van der Waals surface area contributed by atoms with Crippen LogP contribution >= 0.6 is 0 Å². The quantitative estimate of drug-likeness (QED) is 0.628. The first kappa shape index (κ1) is 16.3. The molecule has 0 aliphatic heterocycles. The van der Waals surface area contributed by atoms with E-state index in [-0.39, 0.29) is 17.0 Å². The second-order valence-electron chi connectivity index (χ2n) is 8.84. The van der Waals surface area contributed by atoms with Crippen molar-refractivity contribution in [2.75, 3.05) is 0 Å². The fourth-order valence-electron chi connectivity index (χ4n) is 5.61. The summed E-state index contributed by atoms with van der Waals surface area (Å²) in [4.78, 5) is 12.9. The van der Waals surface area contributed by atoms with Gasteiger partial charge in [-0.1, -0.05) is 32.6 Å². The standard InChI is InChI=1S/C20H34O2/c1-4-18(2,3)17(21)22-20(16-10-5-6-11-16)15-9-14-19(20)12-7-8-13-19/h16H,4-15H2,1-3H3. The Bertz CT molecular complexity index is 408. The lowest BCUT2D eigenvalue weighted by molar-refractivity contribution is -0.195. The van der Waals surface area contributed by atoms with E-state index >= 15 is 0 Å². The van der Waals surface area contributed by atoms with Gasteiger partial charge in [0.05, 0.1) is 5.41 Å². The molecule has 3 aliphatic rings. The van der Waals surface area contributed by atoms with E-state index in [1.54, 1.807) is 0 Å². The number of ether oxygens (including phenoxy) is 1. The van der Waals surface area contributed by atoms with Crippen molar-refractivity contribution < 1.29 is 9.53 Å². The fourth-order valence-corrected chi connectivity index (χ4v) is 5.61. The van der Waals surface area contributed by atoms with E-state index in [0.29, 0.717) is 11.3 Å². The van der Waals surface area contributed by atoms with Crippen LogP contribution < -0.4 is 0 Å². The van der Waals surface area contributed by atoms with Gasteiger partial charge >= 0.3 is 5.97 Å². The van der Waals surface area contributed by atoms with Crippen LogP contribution in [0.4, 0.5) is 0 Å². The van der Waals surface area contributed by atoms with Crippen molar-refractivity contribution in [2.24, 2.45) is 16.7 Å². The number of carbonyl (C=O) groups is 1. The minimum absolute atomic E-state index is 0.0649. The summed E-state index contributed by atoms with van der Waals surface area (Å²) in [6.45, 7) is 6.20. The molecular formula is C20H34O2. The SMILES string of the molecule is CCC(C)(C)C(=O)OC1(C2CCCC2)CCCC12CCCC2. The molecule has 0 aromatic carbocycles. The Morgan fingerprint density at radius 2 is 1.59 bits per heavy atom. The lowest BCUT2D eigenvalue weighted by atomic mass is 9.65. The highest BCUT2D eigenvalue weighted by Gasteiger charge is 2.62. The zero-order valence-corrected chi connectivity index (χ0v) is 14.9. The van der Waals surface area contributed by atoms with Crippen LogP contribution in [0, 0.1) is 16.7 Å². The molecule has 1 atom stereocenters. The van der Waals surface area contributed by atoms with Crippen LogP contribution in [0.15, 0.2) is 0 Å². The Labute approximate surface area is 136 Å². The number of hydrogen-bond acceptors (Lipinski definition) is 2. The van der Waals surface area contributed by atoms with Crippen molar-refractivity contribution in [1.29, 1.82) is 0 Å². The molecule has 2 nitrogen and oxygen atoms in total. The summed E-state index contributed by atoms with van der Waals surface area (Å²) in [7, 11) is 0. The first-order valence-corrected chi connectivity index (χ1v) is 9.69. The third kappa shape index (κ3) is 2.41. The maximum Gasteiger partial charge on any atom is 0.312 e. The molecule has 0 aromatic rings. The molecule has 1 unspecified atom stereocenters. The zero-order valence-electron chi connectivity index (χ0n) is 14.9. The molecular weight excluding hydrogens is 272 g/mol. The zero-order chi connectivity index (χ0) is 15.8. The van der Waals surface area contributed by atoms with Crippen LogP contribution in [-0.4, -0.2) is 11.6 Å². The van der Waals surface area contributed by atoms with Gasteiger partial charge in [-0.15, -0.1) is 0 Å². The first-order chi connectivity index (χ1) is 10.5. The third-order valence-corrected chi connectivity index (χ3v) is 7.39. The van der Waals surface area contributed by atoms with Crippen molar-refractivity contribution in [3.05, 3.63) is 0 Å². The molecule has 0 aromatic heterocycles.